The largest absolute Gasteiger partial charge is 0.366 e. The quantitative estimate of drug-likeness (QED) is 0.498. The van der Waals surface area contributed by atoms with E-state index in [2.05, 4.69) is 24.0 Å². The third kappa shape index (κ3) is 5.38. The number of nitrogens with one attached hydrogen (secondary N) is 1. The smallest absolute Gasteiger partial charge is 0.249 e. The van der Waals surface area contributed by atoms with Crippen LogP contribution in [0.25, 0.3) is 22.3 Å². The maximum absolute atomic E-state index is 12.0. The number of amides is 1. The van der Waals surface area contributed by atoms with E-state index in [1.54, 1.807) is 0 Å². The molecule has 0 saturated carbocycles. The van der Waals surface area contributed by atoms with Gasteiger partial charge >= 0.3 is 0 Å². The highest BCUT2D eigenvalue weighted by Crippen LogP contribution is 2.33. The van der Waals surface area contributed by atoms with Crippen LogP contribution in [0.4, 0.5) is 0 Å². The van der Waals surface area contributed by atoms with Gasteiger partial charge in [-0.15, -0.1) is 12.6 Å². The number of primary amides is 1. The molecule has 1 amide bonds. The summed E-state index contributed by atoms with van der Waals surface area (Å²) >= 11 is 10.3. The van der Waals surface area contributed by atoms with Gasteiger partial charge in [-0.3, -0.25) is 4.79 Å². The summed E-state index contributed by atoms with van der Waals surface area (Å²) in [6.07, 6.45) is 0.719. The van der Waals surface area contributed by atoms with E-state index in [-0.39, 0.29) is 0 Å². The molecule has 0 fully saturated rings. The summed E-state index contributed by atoms with van der Waals surface area (Å²) in [5, 5.41) is 3.42. The molecule has 0 atom stereocenters. The maximum atomic E-state index is 12.0. The van der Waals surface area contributed by atoms with Crippen LogP contribution in [0.15, 0.2) is 65.6 Å². The van der Waals surface area contributed by atoms with Crippen LogP contribution in [0.1, 0.15) is 22.8 Å². The van der Waals surface area contributed by atoms with E-state index in [0.29, 0.717) is 10.6 Å². The Morgan fingerprint density at radius 1 is 0.964 bits per heavy atom. The second-order valence-electron chi connectivity index (χ2n) is 6.32. The average Bonchev–Trinajstić information content (AvgIpc) is 2.68. The second kappa shape index (κ2) is 10.3. The first-order valence-electron chi connectivity index (χ1n) is 9.01. The molecule has 3 N–H and O–H groups in total. The topological polar surface area (TPSA) is 55.1 Å². The van der Waals surface area contributed by atoms with Gasteiger partial charge in [-0.1, -0.05) is 42.8 Å². The van der Waals surface area contributed by atoms with Crippen molar-refractivity contribution in [3.8, 4) is 22.3 Å². The number of rotatable bonds is 4. The van der Waals surface area contributed by atoms with Crippen molar-refractivity contribution >= 4 is 30.1 Å². The molecule has 5 heteroatoms. The third-order valence-electron chi connectivity index (χ3n) is 4.22. The van der Waals surface area contributed by atoms with Crippen LogP contribution in [0.2, 0.25) is 5.02 Å². The molecule has 28 heavy (non-hydrogen) atoms. The Balaban J connectivity index is 0.000000878. The highest BCUT2D eigenvalue weighted by atomic mass is 35.5. The molecule has 0 saturated heterocycles. The summed E-state index contributed by atoms with van der Waals surface area (Å²) in [4.78, 5) is 12.9. The Labute approximate surface area is 177 Å². The first-order valence-corrected chi connectivity index (χ1v) is 9.84. The molecule has 3 nitrogen and oxygen atoms in total. The maximum Gasteiger partial charge on any atom is 0.249 e. The molecule has 3 aromatic carbocycles. The van der Waals surface area contributed by atoms with Crippen molar-refractivity contribution in [1.29, 1.82) is 0 Å². The summed E-state index contributed by atoms with van der Waals surface area (Å²) < 4.78 is 0. The van der Waals surface area contributed by atoms with Crippen LogP contribution < -0.4 is 11.1 Å². The summed E-state index contributed by atoms with van der Waals surface area (Å²) in [7, 11) is 3.75. The second-order valence-corrected chi connectivity index (χ2v) is 7.27. The highest BCUT2D eigenvalue weighted by Gasteiger charge is 2.15. The molecule has 0 unspecified atom stereocenters. The van der Waals surface area contributed by atoms with Crippen molar-refractivity contribution in [2.45, 2.75) is 18.2 Å². The number of carbonyl (C=O) groups is 1. The van der Waals surface area contributed by atoms with E-state index in [1.807, 2.05) is 75.6 Å². The van der Waals surface area contributed by atoms with Crippen molar-refractivity contribution in [3.05, 3.63) is 76.8 Å². The lowest BCUT2D eigenvalue weighted by Gasteiger charge is -2.15. The normalized spacial score (nSPS) is 10.2. The van der Waals surface area contributed by atoms with Gasteiger partial charge in [-0.2, -0.15) is 0 Å². The van der Waals surface area contributed by atoms with E-state index in [1.165, 1.54) is 0 Å². The Morgan fingerprint density at radius 3 is 2.00 bits per heavy atom. The molecule has 0 aliphatic rings. The van der Waals surface area contributed by atoms with E-state index in [4.69, 9.17) is 17.3 Å². The fourth-order valence-electron chi connectivity index (χ4n) is 2.98. The van der Waals surface area contributed by atoms with E-state index in [0.717, 1.165) is 39.1 Å². The minimum Gasteiger partial charge on any atom is -0.366 e. The summed E-state index contributed by atoms with van der Waals surface area (Å²) in [5.74, 6) is -0.417. The molecule has 0 aliphatic heterocycles. The number of halogens is 1. The van der Waals surface area contributed by atoms with Gasteiger partial charge in [0.25, 0.3) is 0 Å². The number of thiol groups is 1. The van der Waals surface area contributed by atoms with Gasteiger partial charge in [0.15, 0.2) is 0 Å². The highest BCUT2D eigenvalue weighted by molar-refractivity contribution is 7.80. The van der Waals surface area contributed by atoms with Gasteiger partial charge < -0.3 is 11.1 Å². The molecule has 146 valence electrons. The molecule has 3 aromatic rings. The number of carbonyl (C=O) groups excluding carboxylic acids is 1. The van der Waals surface area contributed by atoms with Crippen molar-refractivity contribution in [1.82, 2.24) is 5.32 Å². The van der Waals surface area contributed by atoms with Crippen LogP contribution in [-0.2, 0) is 6.42 Å². The lowest BCUT2D eigenvalue weighted by atomic mass is 9.89. The van der Waals surface area contributed by atoms with Gasteiger partial charge in [-0.25, -0.2) is 0 Å². The van der Waals surface area contributed by atoms with Gasteiger partial charge in [0.05, 0.1) is 0 Å². The van der Waals surface area contributed by atoms with Crippen LogP contribution >= 0.6 is 24.2 Å². The standard InChI is InChI=1S/C21H18ClNOS.C2H7N/c1-2-18-19(14-5-9-17(25)10-6-14)11-15(12-20(18)21(23)24)13-3-7-16(22)8-4-13;1-3-2/h3-12,25H,2H2,1H3,(H2,23,24);3H,1-2H3. The molecule has 0 heterocycles. The SMILES string of the molecule is CCc1c(C(N)=O)cc(-c2ccc(Cl)cc2)cc1-c1ccc(S)cc1.CNC. The van der Waals surface area contributed by atoms with Gasteiger partial charge in [0, 0.05) is 15.5 Å². The molecule has 0 radical (unpaired) electrons. The Bertz CT molecular complexity index is 938. The lowest BCUT2D eigenvalue weighted by Crippen LogP contribution is -2.14. The number of hydrogen-bond acceptors (Lipinski definition) is 3. The molecule has 0 aromatic heterocycles. The van der Waals surface area contributed by atoms with Gasteiger partial charge in [0.2, 0.25) is 5.91 Å². The van der Waals surface area contributed by atoms with E-state index < -0.39 is 5.91 Å². The first kappa shape index (κ1) is 22.0. The fourth-order valence-corrected chi connectivity index (χ4v) is 3.26. The van der Waals surface area contributed by atoms with Gasteiger partial charge in [0.1, 0.15) is 0 Å². The number of nitrogens with two attached hydrogens (primary N) is 1. The zero-order chi connectivity index (χ0) is 20.7. The Morgan fingerprint density at radius 2 is 1.50 bits per heavy atom. The fraction of sp³-hybridized carbons (Fsp3) is 0.174. The molecule has 0 aliphatic carbocycles. The Hall–Kier alpha value is -2.27. The zero-order valence-corrected chi connectivity index (χ0v) is 17.9. The molecule has 0 bridgehead atoms. The minimum absolute atomic E-state index is 0.417. The van der Waals surface area contributed by atoms with Crippen LogP contribution in [0, 0.1) is 0 Å². The molecular weight excluding hydrogens is 388 g/mol. The van der Waals surface area contributed by atoms with Crippen LogP contribution in [-0.4, -0.2) is 20.0 Å². The van der Waals surface area contributed by atoms with Crippen molar-refractivity contribution in [2.24, 2.45) is 5.73 Å². The van der Waals surface area contributed by atoms with Crippen molar-refractivity contribution < 1.29 is 4.79 Å². The predicted octanol–water partition coefficient (Wildman–Crippen LogP) is 5.46. The number of hydrogen-bond donors (Lipinski definition) is 3. The monoisotopic (exact) mass is 412 g/mol. The third-order valence-corrected chi connectivity index (χ3v) is 4.77. The van der Waals surface area contributed by atoms with Crippen LogP contribution in [0.5, 0.6) is 0 Å². The predicted molar refractivity (Wildman–Crippen MR) is 122 cm³/mol. The van der Waals surface area contributed by atoms with Gasteiger partial charge in [-0.05, 0) is 84.7 Å². The van der Waals surface area contributed by atoms with Crippen molar-refractivity contribution in [3.63, 3.8) is 0 Å². The first-order chi connectivity index (χ1) is 13.4. The summed E-state index contributed by atoms with van der Waals surface area (Å²) in [5.41, 5.74) is 11.1. The lowest BCUT2D eigenvalue weighted by molar-refractivity contribution is 0.0999. The summed E-state index contributed by atoms with van der Waals surface area (Å²) in [6, 6.07) is 19.4. The average molecular weight is 413 g/mol. The van der Waals surface area contributed by atoms with Crippen molar-refractivity contribution in [2.75, 3.05) is 14.1 Å². The molecule has 3 rings (SSSR count). The minimum atomic E-state index is -0.417. The number of benzene rings is 3. The van der Waals surface area contributed by atoms with E-state index in [9.17, 15) is 4.79 Å². The summed E-state index contributed by atoms with van der Waals surface area (Å²) in [6.45, 7) is 2.03. The van der Waals surface area contributed by atoms with Crippen LogP contribution in [0.3, 0.4) is 0 Å². The Kier molecular flexibility index (Phi) is 8.12. The molecular formula is C23H25ClN2OS. The molecule has 0 spiro atoms. The van der Waals surface area contributed by atoms with E-state index >= 15 is 0 Å². The zero-order valence-electron chi connectivity index (χ0n) is 16.3.